The summed E-state index contributed by atoms with van der Waals surface area (Å²) in [6.07, 6.45) is 1.59. The zero-order valence-electron chi connectivity index (χ0n) is 11.3. The molecule has 0 saturated carbocycles. The number of rotatable bonds is 4. The molecular formula is C14H16ClN5. The maximum absolute atomic E-state index is 7.43. The molecule has 0 radical (unpaired) electrons. The smallest absolute Gasteiger partial charge is 0.226 e. The highest BCUT2D eigenvalue weighted by atomic mass is 35.5. The van der Waals surface area contributed by atoms with Gasteiger partial charge in [0.15, 0.2) is 0 Å². The average molecular weight is 290 g/mol. The first-order valence-corrected chi connectivity index (χ1v) is 6.53. The van der Waals surface area contributed by atoms with Gasteiger partial charge in [0.1, 0.15) is 11.5 Å². The van der Waals surface area contributed by atoms with E-state index in [0.29, 0.717) is 16.7 Å². The highest BCUT2D eigenvalue weighted by molar-refractivity contribution is 6.31. The van der Waals surface area contributed by atoms with E-state index in [-0.39, 0.29) is 11.9 Å². The molecule has 1 aromatic heterocycles. The SMILES string of the molecule is CC(c1ccccc1Cl)N(C)c1nccc(C(=N)N)n1. The Bertz CT molecular complexity index is 628. The summed E-state index contributed by atoms with van der Waals surface area (Å²) in [6, 6.07) is 9.28. The molecule has 3 N–H and O–H groups in total. The first-order chi connectivity index (χ1) is 9.50. The van der Waals surface area contributed by atoms with E-state index in [1.165, 1.54) is 0 Å². The number of hydrogen-bond donors (Lipinski definition) is 2. The van der Waals surface area contributed by atoms with Crippen molar-refractivity contribution < 1.29 is 0 Å². The van der Waals surface area contributed by atoms with Gasteiger partial charge in [-0.05, 0) is 24.6 Å². The highest BCUT2D eigenvalue weighted by Crippen LogP contribution is 2.28. The van der Waals surface area contributed by atoms with Gasteiger partial charge < -0.3 is 10.6 Å². The van der Waals surface area contributed by atoms with E-state index >= 15 is 0 Å². The van der Waals surface area contributed by atoms with E-state index in [2.05, 4.69) is 9.97 Å². The molecule has 0 fully saturated rings. The number of nitrogens with zero attached hydrogens (tertiary/aromatic N) is 3. The van der Waals surface area contributed by atoms with Crippen LogP contribution in [0.15, 0.2) is 36.5 Å². The molecule has 6 heteroatoms. The van der Waals surface area contributed by atoms with Gasteiger partial charge >= 0.3 is 0 Å². The highest BCUT2D eigenvalue weighted by Gasteiger charge is 2.17. The van der Waals surface area contributed by atoms with Crippen molar-refractivity contribution in [2.45, 2.75) is 13.0 Å². The lowest BCUT2D eigenvalue weighted by molar-refractivity contribution is 0.715. The third kappa shape index (κ3) is 2.88. The van der Waals surface area contributed by atoms with Gasteiger partial charge in [-0.15, -0.1) is 0 Å². The minimum absolute atomic E-state index is 0.00547. The van der Waals surface area contributed by atoms with Crippen LogP contribution in [0, 0.1) is 5.41 Å². The summed E-state index contributed by atoms with van der Waals surface area (Å²) < 4.78 is 0. The minimum atomic E-state index is -0.0764. The molecule has 0 saturated heterocycles. The lowest BCUT2D eigenvalue weighted by Gasteiger charge is -2.26. The predicted molar refractivity (Wildman–Crippen MR) is 81.3 cm³/mol. The van der Waals surface area contributed by atoms with Crippen LogP contribution in [0.3, 0.4) is 0 Å². The van der Waals surface area contributed by atoms with Crippen molar-refractivity contribution in [3.05, 3.63) is 52.8 Å². The first-order valence-electron chi connectivity index (χ1n) is 6.15. The van der Waals surface area contributed by atoms with E-state index in [1.54, 1.807) is 12.3 Å². The molecule has 0 aliphatic heterocycles. The van der Waals surface area contributed by atoms with Crippen molar-refractivity contribution in [1.82, 2.24) is 9.97 Å². The molecule has 1 unspecified atom stereocenters. The van der Waals surface area contributed by atoms with E-state index in [4.69, 9.17) is 22.7 Å². The van der Waals surface area contributed by atoms with Crippen LogP contribution in [-0.4, -0.2) is 22.9 Å². The summed E-state index contributed by atoms with van der Waals surface area (Å²) in [6.45, 7) is 2.02. The summed E-state index contributed by atoms with van der Waals surface area (Å²) in [5.41, 5.74) is 6.85. The zero-order valence-corrected chi connectivity index (χ0v) is 12.1. The Morgan fingerprint density at radius 3 is 2.70 bits per heavy atom. The molecule has 0 aliphatic rings. The summed E-state index contributed by atoms with van der Waals surface area (Å²) in [5, 5.41) is 8.13. The fourth-order valence-electron chi connectivity index (χ4n) is 1.86. The Labute approximate surface area is 122 Å². The average Bonchev–Trinajstić information content (AvgIpc) is 2.46. The van der Waals surface area contributed by atoms with Gasteiger partial charge in [-0.2, -0.15) is 0 Å². The topological polar surface area (TPSA) is 78.9 Å². The summed E-state index contributed by atoms with van der Waals surface area (Å²) >= 11 is 6.21. The molecular weight excluding hydrogens is 274 g/mol. The van der Waals surface area contributed by atoms with Crippen molar-refractivity contribution in [1.29, 1.82) is 5.41 Å². The molecule has 104 valence electrons. The minimum Gasteiger partial charge on any atom is -0.382 e. The molecule has 5 nitrogen and oxygen atoms in total. The van der Waals surface area contributed by atoms with Crippen LogP contribution in [0.25, 0.3) is 0 Å². The largest absolute Gasteiger partial charge is 0.382 e. The fourth-order valence-corrected chi connectivity index (χ4v) is 2.16. The van der Waals surface area contributed by atoms with Crippen LogP contribution in [0.4, 0.5) is 5.95 Å². The molecule has 1 atom stereocenters. The third-order valence-corrected chi connectivity index (χ3v) is 3.51. The fraction of sp³-hybridized carbons (Fsp3) is 0.214. The molecule has 20 heavy (non-hydrogen) atoms. The molecule has 1 aromatic carbocycles. The number of anilines is 1. The van der Waals surface area contributed by atoms with Gasteiger partial charge in [-0.3, -0.25) is 5.41 Å². The van der Waals surface area contributed by atoms with Crippen molar-refractivity contribution in [3.63, 3.8) is 0 Å². The van der Waals surface area contributed by atoms with Crippen LogP contribution >= 0.6 is 11.6 Å². The quantitative estimate of drug-likeness (QED) is 0.670. The second-order valence-electron chi connectivity index (χ2n) is 4.46. The number of nitrogen functional groups attached to an aromatic ring is 1. The van der Waals surface area contributed by atoms with Crippen molar-refractivity contribution in [2.75, 3.05) is 11.9 Å². The molecule has 0 amide bonds. The molecule has 0 bridgehead atoms. The van der Waals surface area contributed by atoms with Crippen LogP contribution in [0.5, 0.6) is 0 Å². The molecule has 2 rings (SSSR count). The number of benzene rings is 1. The number of nitrogens with one attached hydrogen (secondary N) is 1. The van der Waals surface area contributed by atoms with Gasteiger partial charge in [-0.25, -0.2) is 9.97 Å². The second kappa shape index (κ2) is 5.88. The van der Waals surface area contributed by atoms with E-state index < -0.39 is 0 Å². The Morgan fingerprint density at radius 1 is 1.35 bits per heavy atom. The molecule has 0 spiro atoms. The summed E-state index contributed by atoms with van der Waals surface area (Å²) in [5.74, 6) is 0.428. The summed E-state index contributed by atoms with van der Waals surface area (Å²) in [7, 11) is 1.88. The van der Waals surface area contributed by atoms with Crippen LogP contribution < -0.4 is 10.6 Å². The predicted octanol–water partition coefficient (Wildman–Crippen LogP) is 2.61. The lowest BCUT2D eigenvalue weighted by atomic mass is 10.1. The first kappa shape index (κ1) is 14.3. The Kier molecular flexibility index (Phi) is 4.20. The van der Waals surface area contributed by atoms with E-state index in [9.17, 15) is 0 Å². The number of halogens is 1. The van der Waals surface area contributed by atoms with Crippen molar-refractivity contribution in [3.8, 4) is 0 Å². The number of amidine groups is 1. The van der Waals surface area contributed by atoms with Gasteiger partial charge in [0.25, 0.3) is 0 Å². The van der Waals surface area contributed by atoms with E-state index in [0.717, 1.165) is 5.56 Å². The van der Waals surface area contributed by atoms with Gasteiger partial charge in [-0.1, -0.05) is 29.8 Å². The normalized spacial score (nSPS) is 11.9. The number of aromatic nitrogens is 2. The Hall–Kier alpha value is -2.14. The van der Waals surface area contributed by atoms with Crippen LogP contribution in [-0.2, 0) is 0 Å². The maximum atomic E-state index is 7.43. The summed E-state index contributed by atoms with van der Waals surface area (Å²) in [4.78, 5) is 10.4. The molecule has 1 heterocycles. The number of hydrogen-bond acceptors (Lipinski definition) is 4. The number of nitrogens with two attached hydrogens (primary N) is 1. The van der Waals surface area contributed by atoms with Crippen molar-refractivity contribution >= 4 is 23.4 Å². The van der Waals surface area contributed by atoms with Gasteiger partial charge in [0.2, 0.25) is 5.95 Å². The second-order valence-corrected chi connectivity index (χ2v) is 4.87. The lowest BCUT2D eigenvalue weighted by Crippen LogP contribution is -2.25. The standard InChI is InChI=1S/C14H16ClN5/c1-9(10-5-3-4-6-11(10)15)20(2)14-18-8-7-12(19-14)13(16)17/h3-9H,1-2H3,(H3,16,17). The van der Waals surface area contributed by atoms with Gasteiger partial charge in [0, 0.05) is 18.3 Å². The Balaban J connectivity index is 2.31. The monoisotopic (exact) mass is 289 g/mol. The van der Waals surface area contributed by atoms with Crippen LogP contribution in [0.1, 0.15) is 24.2 Å². The zero-order chi connectivity index (χ0) is 14.7. The van der Waals surface area contributed by atoms with Crippen LogP contribution in [0.2, 0.25) is 5.02 Å². The molecule has 2 aromatic rings. The maximum Gasteiger partial charge on any atom is 0.226 e. The Morgan fingerprint density at radius 2 is 2.05 bits per heavy atom. The van der Waals surface area contributed by atoms with E-state index in [1.807, 2.05) is 43.1 Å². The van der Waals surface area contributed by atoms with Gasteiger partial charge in [0.05, 0.1) is 6.04 Å². The third-order valence-electron chi connectivity index (χ3n) is 3.17. The molecule has 0 aliphatic carbocycles. The van der Waals surface area contributed by atoms with Crippen molar-refractivity contribution in [2.24, 2.45) is 5.73 Å².